The van der Waals surface area contributed by atoms with Crippen molar-refractivity contribution in [1.82, 2.24) is 0 Å². The summed E-state index contributed by atoms with van der Waals surface area (Å²) in [4.78, 5) is 11.1. The minimum absolute atomic E-state index is 0.177. The number of hydrogen-bond donors (Lipinski definition) is 2. The molecule has 4 nitrogen and oxygen atoms in total. The third kappa shape index (κ3) is 2.67. The number of carbonyl (C=O) groups excluding carboxylic acids is 1. The second-order valence-electron chi connectivity index (χ2n) is 3.62. The maximum absolute atomic E-state index is 11.1. The van der Waals surface area contributed by atoms with E-state index in [1.54, 1.807) is 0 Å². The maximum Gasteiger partial charge on any atom is 0.322 e. The Morgan fingerprint density at radius 2 is 2.00 bits per heavy atom. The molecular formula is C9H17NO3. The van der Waals surface area contributed by atoms with Crippen molar-refractivity contribution in [1.29, 1.82) is 0 Å². The van der Waals surface area contributed by atoms with Gasteiger partial charge in [0.2, 0.25) is 0 Å². The highest BCUT2D eigenvalue weighted by atomic mass is 16.5. The van der Waals surface area contributed by atoms with Crippen LogP contribution in [-0.4, -0.2) is 30.3 Å². The fraction of sp³-hybridized carbons (Fsp3) is 0.889. The van der Waals surface area contributed by atoms with E-state index in [1.807, 2.05) is 0 Å². The van der Waals surface area contributed by atoms with E-state index < -0.39 is 6.04 Å². The van der Waals surface area contributed by atoms with Gasteiger partial charge >= 0.3 is 5.97 Å². The van der Waals surface area contributed by atoms with E-state index in [2.05, 4.69) is 4.74 Å². The van der Waals surface area contributed by atoms with Gasteiger partial charge in [-0.1, -0.05) is 0 Å². The lowest BCUT2D eigenvalue weighted by atomic mass is 9.83. The summed E-state index contributed by atoms with van der Waals surface area (Å²) < 4.78 is 4.57. The first-order valence-electron chi connectivity index (χ1n) is 4.66. The molecule has 1 aliphatic rings. The van der Waals surface area contributed by atoms with Gasteiger partial charge in [0, 0.05) is 0 Å². The van der Waals surface area contributed by atoms with Crippen LogP contribution in [0.4, 0.5) is 0 Å². The van der Waals surface area contributed by atoms with Gasteiger partial charge in [-0.2, -0.15) is 0 Å². The van der Waals surface area contributed by atoms with Crippen molar-refractivity contribution >= 4 is 5.97 Å². The van der Waals surface area contributed by atoms with E-state index in [1.165, 1.54) is 7.11 Å². The number of aliphatic hydroxyl groups excluding tert-OH is 1. The number of carbonyl (C=O) groups is 1. The Hall–Kier alpha value is -0.610. The minimum Gasteiger partial charge on any atom is -0.468 e. The number of rotatable bonds is 2. The lowest BCUT2D eigenvalue weighted by Gasteiger charge is -2.28. The Bertz CT molecular complexity index is 176. The van der Waals surface area contributed by atoms with Gasteiger partial charge in [0.25, 0.3) is 0 Å². The Balaban J connectivity index is 2.39. The van der Waals surface area contributed by atoms with Crippen molar-refractivity contribution in [2.75, 3.05) is 7.11 Å². The molecular weight excluding hydrogens is 170 g/mol. The topological polar surface area (TPSA) is 72.5 Å². The first kappa shape index (κ1) is 10.5. The number of ether oxygens (including phenoxy) is 1. The Morgan fingerprint density at radius 3 is 2.46 bits per heavy atom. The van der Waals surface area contributed by atoms with Crippen molar-refractivity contribution in [2.24, 2.45) is 11.7 Å². The van der Waals surface area contributed by atoms with Crippen LogP contribution in [0.2, 0.25) is 0 Å². The highest BCUT2D eigenvalue weighted by molar-refractivity contribution is 5.75. The average Bonchev–Trinajstić information content (AvgIpc) is 2.17. The Labute approximate surface area is 78.1 Å². The average molecular weight is 187 g/mol. The normalized spacial score (nSPS) is 31.0. The summed E-state index contributed by atoms with van der Waals surface area (Å²) in [6.45, 7) is 0. The molecule has 0 aliphatic heterocycles. The van der Waals surface area contributed by atoms with Gasteiger partial charge in [0.15, 0.2) is 0 Å². The Morgan fingerprint density at radius 1 is 1.46 bits per heavy atom. The van der Waals surface area contributed by atoms with Crippen LogP contribution in [0, 0.1) is 5.92 Å². The van der Waals surface area contributed by atoms with Gasteiger partial charge in [0.1, 0.15) is 6.04 Å². The van der Waals surface area contributed by atoms with Crippen molar-refractivity contribution in [2.45, 2.75) is 37.8 Å². The van der Waals surface area contributed by atoms with Crippen LogP contribution in [0.3, 0.4) is 0 Å². The smallest absolute Gasteiger partial charge is 0.322 e. The molecule has 0 saturated heterocycles. The molecule has 3 N–H and O–H groups in total. The van der Waals surface area contributed by atoms with E-state index in [4.69, 9.17) is 5.73 Å². The van der Waals surface area contributed by atoms with Crippen molar-refractivity contribution in [3.05, 3.63) is 0 Å². The molecule has 0 aromatic rings. The highest BCUT2D eigenvalue weighted by Crippen LogP contribution is 2.26. The molecule has 13 heavy (non-hydrogen) atoms. The third-order valence-electron chi connectivity index (χ3n) is 2.72. The van der Waals surface area contributed by atoms with E-state index in [0.717, 1.165) is 25.7 Å². The van der Waals surface area contributed by atoms with Gasteiger partial charge in [-0.3, -0.25) is 4.79 Å². The van der Waals surface area contributed by atoms with E-state index in [9.17, 15) is 9.90 Å². The first-order valence-corrected chi connectivity index (χ1v) is 4.66. The molecule has 0 aromatic heterocycles. The van der Waals surface area contributed by atoms with Crippen LogP contribution < -0.4 is 5.73 Å². The molecule has 1 atom stereocenters. The van der Waals surface area contributed by atoms with Gasteiger partial charge in [0.05, 0.1) is 13.2 Å². The molecule has 0 amide bonds. The van der Waals surface area contributed by atoms with Crippen LogP contribution in [0.25, 0.3) is 0 Å². The molecule has 4 heteroatoms. The van der Waals surface area contributed by atoms with Crippen LogP contribution in [0.15, 0.2) is 0 Å². The minimum atomic E-state index is -0.516. The molecule has 76 valence electrons. The van der Waals surface area contributed by atoms with Gasteiger partial charge in [-0.15, -0.1) is 0 Å². The van der Waals surface area contributed by atoms with Gasteiger partial charge < -0.3 is 15.6 Å². The zero-order valence-electron chi connectivity index (χ0n) is 7.90. The molecule has 1 rings (SSSR count). The summed E-state index contributed by atoms with van der Waals surface area (Å²) in [5.74, 6) is -0.169. The fourth-order valence-corrected chi connectivity index (χ4v) is 1.79. The molecule has 0 spiro atoms. The second-order valence-corrected chi connectivity index (χ2v) is 3.62. The number of aliphatic hydroxyl groups is 1. The fourth-order valence-electron chi connectivity index (χ4n) is 1.79. The summed E-state index contributed by atoms with van der Waals surface area (Å²) in [5, 5.41) is 9.25. The molecule has 0 aromatic carbocycles. The lowest BCUT2D eigenvalue weighted by Crippen LogP contribution is -2.41. The first-order chi connectivity index (χ1) is 6.15. The lowest BCUT2D eigenvalue weighted by molar-refractivity contribution is -0.144. The van der Waals surface area contributed by atoms with Crippen LogP contribution >= 0.6 is 0 Å². The zero-order chi connectivity index (χ0) is 9.84. The van der Waals surface area contributed by atoms with Crippen LogP contribution in [0.5, 0.6) is 0 Å². The molecule has 1 saturated carbocycles. The number of nitrogens with two attached hydrogens (primary N) is 1. The van der Waals surface area contributed by atoms with Crippen molar-refractivity contribution in [3.8, 4) is 0 Å². The highest BCUT2D eigenvalue weighted by Gasteiger charge is 2.29. The Kier molecular flexibility index (Phi) is 3.69. The second kappa shape index (κ2) is 4.58. The quantitative estimate of drug-likeness (QED) is 0.598. The predicted octanol–water partition coefficient (Wildman–Crippen LogP) is 0.0378. The molecule has 1 fully saturated rings. The molecule has 1 aliphatic carbocycles. The monoisotopic (exact) mass is 187 g/mol. The summed E-state index contributed by atoms with van der Waals surface area (Å²) in [6.07, 6.45) is 2.92. The largest absolute Gasteiger partial charge is 0.468 e. The summed E-state index contributed by atoms with van der Waals surface area (Å²) in [6, 6.07) is -0.516. The number of hydrogen-bond acceptors (Lipinski definition) is 4. The number of methoxy groups -OCH3 is 1. The van der Waals surface area contributed by atoms with Gasteiger partial charge in [-0.05, 0) is 31.6 Å². The third-order valence-corrected chi connectivity index (χ3v) is 2.72. The maximum atomic E-state index is 11.1. The van der Waals surface area contributed by atoms with E-state index in [0.29, 0.717) is 0 Å². The molecule has 0 heterocycles. The van der Waals surface area contributed by atoms with Crippen LogP contribution in [-0.2, 0) is 9.53 Å². The standard InChI is InChI=1S/C9H17NO3/c1-13-9(12)8(10)6-2-4-7(11)5-3-6/h6-8,11H,2-5,10H2,1H3/t6?,7?,8-/m1/s1. The van der Waals surface area contributed by atoms with Crippen molar-refractivity contribution in [3.63, 3.8) is 0 Å². The van der Waals surface area contributed by atoms with E-state index in [-0.39, 0.29) is 18.0 Å². The molecule has 0 unspecified atom stereocenters. The summed E-state index contributed by atoms with van der Waals surface area (Å²) in [7, 11) is 1.35. The molecule has 0 radical (unpaired) electrons. The van der Waals surface area contributed by atoms with Gasteiger partial charge in [-0.25, -0.2) is 0 Å². The predicted molar refractivity (Wildman–Crippen MR) is 48.0 cm³/mol. The summed E-state index contributed by atoms with van der Waals surface area (Å²) in [5.41, 5.74) is 5.69. The number of esters is 1. The van der Waals surface area contributed by atoms with E-state index >= 15 is 0 Å². The molecule has 0 bridgehead atoms. The summed E-state index contributed by atoms with van der Waals surface area (Å²) >= 11 is 0. The van der Waals surface area contributed by atoms with Crippen LogP contribution in [0.1, 0.15) is 25.7 Å². The zero-order valence-corrected chi connectivity index (χ0v) is 7.90. The van der Waals surface area contributed by atoms with Crippen molar-refractivity contribution < 1.29 is 14.6 Å². The SMILES string of the molecule is COC(=O)[C@H](N)C1CCC(O)CC1.